The number of piperazine rings is 1. The zero-order valence-corrected chi connectivity index (χ0v) is 23.6. The van der Waals surface area contributed by atoms with Gasteiger partial charge < -0.3 is 28.9 Å². The van der Waals surface area contributed by atoms with Gasteiger partial charge in [0.1, 0.15) is 17.2 Å². The lowest BCUT2D eigenvalue weighted by atomic mass is 9.87. The summed E-state index contributed by atoms with van der Waals surface area (Å²) >= 11 is 0. The SMILES string of the molecule is COc1ccc(C(=O)N2CC(C(=O)N3CCN(c4ccccc4C)CC3)C(c3cc(OC)ccc3OC)C2)cc1. The number of benzene rings is 3. The average Bonchev–Trinajstić information content (AvgIpc) is 3.46. The van der Waals surface area contributed by atoms with E-state index >= 15 is 0 Å². The number of aryl methyl sites for hydroxylation is 1. The molecule has 3 aromatic carbocycles. The van der Waals surface area contributed by atoms with Gasteiger partial charge in [-0.25, -0.2) is 0 Å². The van der Waals surface area contributed by atoms with E-state index in [0.717, 1.165) is 18.7 Å². The number of anilines is 1. The van der Waals surface area contributed by atoms with E-state index in [4.69, 9.17) is 14.2 Å². The van der Waals surface area contributed by atoms with Gasteiger partial charge in [0.25, 0.3) is 5.91 Å². The first-order valence-corrected chi connectivity index (χ1v) is 13.7. The van der Waals surface area contributed by atoms with E-state index in [1.54, 1.807) is 50.5 Å². The molecule has 2 unspecified atom stereocenters. The van der Waals surface area contributed by atoms with Crippen LogP contribution >= 0.6 is 0 Å². The Bertz CT molecular complexity index is 1350. The van der Waals surface area contributed by atoms with Crippen LogP contribution in [0, 0.1) is 12.8 Å². The van der Waals surface area contributed by atoms with E-state index in [0.29, 0.717) is 49.0 Å². The lowest BCUT2D eigenvalue weighted by molar-refractivity contribution is -0.135. The van der Waals surface area contributed by atoms with Crippen LogP contribution in [-0.4, -0.2) is 82.2 Å². The third-order valence-corrected chi connectivity index (χ3v) is 8.15. The summed E-state index contributed by atoms with van der Waals surface area (Å²) in [5.41, 5.74) is 3.89. The Morgan fingerprint density at radius 2 is 1.43 bits per heavy atom. The number of rotatable bonds is 7. The summed E-state index contributed by atoms with van der Waals surface area (Å²) in [5.74, 6) is 1.41. The molecule has 2 amide bonds. The maximum Gasteiger partial charge on any atom is 0.253 e. The molecule has 0 radical (unpaired) electrons. The standard InChI is InChI=1S/C32H37N3O5/c1-22-7-5-6-8-29(22)33-15-17-34(18-16-33)32(37)28-21-35(31(36)23-9-11-24(38-2)12-10-23)20-27(28)26-19-25(39-3)13-14-30(26)40-4/h5-14,19,27-28H,15-18,20-21H2,1-4H3. The molecule has 0 aliphatic carbocycles. The van der Waals surface area contributed by atoms with Crippen molar-refractivity contribution in [3.63, 3.8) is 0 Å². The molecule has 2 aliphatic rings. The number of methoxy groups -OCH3 is 3. The topological polar surface area (TPSA) is 71.6 Å². The fourth-order valence-corrected chi connectivity index (χ4v) is 5.90. The molecule has 210 valence electrons. The summed E-state index contributed by atoms with van der Waals surface area (Å²) in [6, 6.07) is 21.1. The molecule has 0 aromatic heterocycles. The molecule has 2 atom stereocenters. The Labute approximate surface area is 236 Å². The third kappa shape index (κ3) is 5.43. The van der Waals surface area contributed by atoms with Crippen LogP contribution in [0.3, 0.4) is 0 Å². The van der Waals surface area contributed by atoms with E-state index in [1.165, 1.54) is 11.3 Å². The summed E-state index contributed by atoms with van der Waals surface area (Å²) in [5, 5.41) is 0. The van der Waals surface area contributed by atoms with Gasteiger partial charge in [-0.3, -0.25) is 9.59 Å². The van der Waals surface area contributed by atoms with Crippen molar-refractivity contribution in [2.24, 2.45) is 5.92 Å². The van der Waals surface area contributed by atoms with Crippen molar-refractivity contribution in [2.75, 3.05) is 65.5 Å². The second-order valence-corrected chi connectivity index (χ2v) is 10.4. The number of nitrogens with zero attached hydrogens (tertiary/aromatic N) is 3. The van der Waals surface area contributed by atoms with Crippen LogP contribution in [0.1, 0.15) is 27.4 Å². The lowest BCUT2D eigenvalue weighted by Crippen LogP contribution is -2.51. The number of para-hydroxylation sites is 1. The number of amides is 2. The maximum atomic E-state index is 14.1. The molecule has 0 N–H and O–H groups in total. The predicted molar refractivity (Wildman–Crippen MR) is 155 cm³/mol. The summed E-state index contributed by atoms with van der Waals surface area (Å²) < 4.78 is 16.5. The Balaban J connectivity index is 1.40. The van der Waals surface area contributed by atoms with Gasteiger partial charge in [0.05, 0.1) is 27.2 Å². The highest BCUT2D eigenvalue weighted by Gasteiger charge is 2.44. The number of hydrogen-bond acceptors (Lipinski definition) is 6. The molecule has 0 bridgehead atoms. The summed E-state index contributed by atoms with van der Waals surface area (Å²) in [4.78, 5) is 33.8. The minimum absolute atomic E-state index is 0.0735. The van der Waals surface area contributed by atoms with E-state index in [-0.39, 0.29) is 17.7 Å². The monoisotopic (exact) mass is 543 g/mol. The van der Waals surface area contributed by atoms with Crippen LogP contribution in [0.15, 0.2) is 66.7 Å². The first-order valence-electron chi connectivity index (χ1n) is 13.7. The second kappa shape index (κ2) is 11.9. The molecule has 0 saturated carbocycles. The smallest absolute Gasteiger partial charge is 0.253 e. The molecule has 0 spiro atoms. The Morgan fingerprint density at radius 1 is 0.750 bits per heavy atom. The van der Waals surface area contributed by atoms with Crippen LogP contribution in [0.5, 0.6) is 17.2 Å². The Kier molecular flexibility index (Phi) is 8.14. The minimum Gasteiger partial charge on any atom is -0.497 e. The van der Waals surface area contributed by atoms with Crippen molar-refractivity contribution in [2.45, 2.75) is 12.8 Å². The van der Waals surface area contributed by atoms with Crippen molar-refractivity contribution in [1.29, 1.82) is 0 Å². The van der Waals surface area contributed by atoms with Gasteiger partial charge in [0.15, 0.2) is 0 Å². The van der Waals surface area contributed by atoms with Gasteiger partial charge in [0, 0.05) is 62.0 Å². The fraction of sp³-hybridized carbons (Fsp3) is 0.375. The second-order valence-electron chi connectivity index (χ2n) is 10.4. The molecule has 40 heavy (non-hydrogen) atoms. The van der Waals surface area contributed by atoms with Crippen molar-refractivity contribution >= 4 is 17.5 Å². The maximum absolute atomic E-state index is 14.1. The van der Waals surface area contributed by atoms with Crippen LogP contribution < -0.4 is 19.1 Å². The van der Waals surface area contributed by atoms with E-state index in [9.17, 15) is 9.59 Å². The minimum atomic E-state index is -0.395. The highest BCUT2D eigenvalue weighted by atomic mass is 16.5. The normalized spacial score (nSPS) is 18.9. The molecule has 2 fully saturated rings. The lowest BCUT2D eigenvalue weighted by Gasteiger charge is -2.38. The van der Waals surface area contributed by atoms with Crippen LogP contribution in [-0.2, 0) is 4.79 Å². The molecule has 2 saturated heterocycles. The average molecular weight is 544 g/mol. The van der Waals surface area contributed by atoms with E-state index in [2.05, 4.69) is 30.0 Å². The third-order valence-electron chi connectivity index (χ3n) is 8.15. The highest BCUT2D eigenvalue weighted by molar-refractivity contribution is 5.95. The molecular weight excluding hydrogens is 506 g/mol. The van der Waals surface area contributed by atoms with Crippen LogP contribution in [0.25, 0.3) is 0 Å². The number of ether oxygens (including phenoxy) is 3. The van der Waals surface area contributed by atoms with Gasteiger partial charge in [-0.1, -0.05) is 18.2 Å². The first-order chi connectivity index (χ1) is 19.4. The molecule has 2 heterocycles. The Morgan fingerprint density at radius 3 is 2.08 bits per heavy atom. The summed E-state index contributed by atoms with van der Waals surface area (Å²) in [6.07, 6.45) is 0. The van der Waals surface area contributed by atoms with Crippen molar-refractivity contribution in [3.8, 4) is 17.2 Å². The number of carbonyl (C=O) groups excluding carboxylic acids is 2. The molecule has 8 nitrogen and oxygen atoms in total. The molecule has 5 rings (SSSR count). The van der Waals surface area contributed by atoms with Crippen LogP contribution in [0.2, 0.25) is 0 Å². The fourth-order valence-electron chi connectivity index (χ4n) is 5.90. The zero-order valence-electron chi connectivity index (χ0n) is 23.6. The number of likely N-dealkylation sites (tertiary alicyclic amines) is 1. The quantitative estimate of drug-likeness (QED) is 0.444. The molecule has 8 heteroatoms. The summed E-state index contributed by atoms with van der Waals surface area (Å²) in [6.45, 7) is 5.68. The number of hydrogen-bond donors (Lipinski definition) is 0. The molecule has 2 aliphatic heterocycles. The van der Waals surface area contributed by atoms with E-state index < -0.39 is 5.92 Å². The first kappa shape index (κ1) is 27.4. The van der Waals surface area contributed by atoms with Gasteiger partial charge in [0.2, 0.25) is 5.91 Å². The largest absolute Gasteiger partial charge is 0.497 e. The van der Waals surface area contributed by atoms with Crippen molar-refractivity contribution < 1.29 is 23.8 Å². The molecule has 3 aromatic rings. The predicted octanol–water partition coefficient (Wildman–Crippen LogP) is 4.23. The molecular formula is C32H37N3O5. The van der Waals surface area contributed by atoms with Crippen molar-refractivity contribution in [3.05, 3.63) is 83.4 Å². The number of carbonyl (C=O) groups is 2. The van der Waals surface area contributed by atoms with Crippen LogP contribution in [0.4, 0.5) is 5.69 Å². The summed E-state index contributed by atoms with van der Waals surface area (Å²) in [7, 11) is 4.85. The van der Waals surface area contributed by atoms with Crippen molar-refractivity contribution in [1.82, 2.24) is 9.80 Å². The highest BCUT2D eigenvalue weighted by Crippen LogP contribution is 2.41. The van der Waals surface area contributed by atoms with Gasteiger partial charge in [-0.05, 0) is 61.0 Å². The van der Waals surface area contributed by atoms with Gasteiger partial charge >= 0.3 is 0 Å². The Hall–Kier alpha value is -4.20. The van der Waals surface area contributed by atoms with E-state index in [1.807, 2.05) is 29.2 Å². The van der Waals surface area contributed by atoms with Gasteiger partial charge in [-0.15, -0.1) is 0 Å². The van der Waals surface area contributed by atoms with Gasteiger partial charge in [-0.2, -0.15) is 0 Å². The zero-order chi connectivity index (χ0) is 28.2.